The van der Waals surface area contributed by atoms with Crippen LogP contribution >= 0.6 is 0 Å². The van der Waals surface area contributed by atoms with Crippen LogP contribution in [0.4, 0.5) is 5.95 Å². The van der Waals surface area contributed by atoms with Crippen LogP contribution in [0.25, 0.3) is 11.2 Å². The quantitative estimate of drug-likeness (QED) is 0.532. The standard InChI is InChI=1S/C27H29N7O3/c28-17-19-7-4-8-20(15-19)25(36)31-27-30-22-16-21(26(37)33-10-2-1-3-11-33)18-29-24(22)34(27)14-6-13-32-12-5-9-23(32)35/h4,7-8,15-16,18H,1-3,5-6,9-14H2,(H,30,31,36). The summed E-state index contributed by atoms with van der Waals surface area (Å²) in [6.45, 7) is 3.35. The number of pyridine rings is 1. The Balaban J connectivity index is 1.42. The first-order chi connectivity index (χ1) is 18.0. The molecule has 190 valence electrons. The highest BCUT2D eigenvalue weighted by Crippen LogP contribution is 2.22. The molecule has 0 unspecified atom stereocenters. The first-order valence-electron chi connectivity index (χ1n) is 12.8. The van der Waals surface area contributed by atoms with Crippen molar-refractivity contribution in [1.29, 1.82) is 5.26 Å². The molecule has 2 aliphatic rings. The van der Waals surface area contributed by atoms with Crippen LogP contribution in [0.5, 0.6) is 0 Å². The van der Waals surface area contributed by atoms with E-state index < -0.39 is 5.91 Å². The Morgan fingerprint density at radius 3 is 2.62 bits per heavy atom. The average molecular weight is 500 g/mol. The van der Waals surface area contributed by atoms with E-state index in [-0.39, 0.29) is 11.8 Å². The summed E-state index contributed by atoms with van der Waals surface area (Å²) in [5, 5.41) is 12.0. The van der Waals surface area contributed by atoms with Crippen molar-refractivity contribution in [2.75, 3.05) is 31.5 Å². The summed E-state index contributed by atoms with van der Waals surface area (Å²) in [5.74, 6) is 0.0219. The van der Waals surface area contributed by atoms with E-state index in [2.05, 4.69) is 15.3 Å². The smallest absolute Gasteiger partial charge is 0.258 e. The fraction of sp³-hybridized carbons (Fsp3) is 0.407. The maximum Gasteiger partial charge on any atom is 0.258 e. The van der Waals surface area contributed by atoms with Gasteiger partial charge in [-0.2, -0.15) is 5.26 Å². The molecule has 2 fully saturated rings. The molecule has 0 atom stereocenters. The molecule has 0 radical (unpaired) electrons. The molecule has 10 heteroatoms. The predicted molar refractivity (Wildman–Crippen MR) is 137 cm³/mol. The third kappa shape index (κ3) is 5.31. The van der Waals surface area contributed by atoms with E-state index in [0.29, 0.717) is 59.7 Å². The first-order valence-corrected chi connectivity index (χ1v) is 12.8. The summed E-state index contributed by atoms with van der Waals surface area (Å²) in [6, 6.07) is 10.2. The van der Waals surface area contributed by atoms with Crippen LogP contribution < -0.4 is 5.32 Å². The number of nitriles is 1. The molecule has 1 N–H and O–H groups in total. The molecular formula is C27H29N7O3. The molecule has 3 amide bonds. The van der Waals surface area contributed by atoms with Gasteiger partial charge in [0.25, 0.3) is 11.8 Å². The topological polar surface area (TPSA) is 124 Å². The molecule has 2 saturated heterocycles. The number of nitrogens with one attached hydrogen (secondary N) is 1. The Labute approximate surface area is 214 Å². The lowest BCUT2D eigenvalue weighted by molar-refractivity contribution is -0.127. The zero-order valence-corrected chi connectivity index (χ0v) is 20.7. The molecule has 3 aromatic rings. The Bertz CT molecular complexity index is 1380. The Morgan fingerprint density at radius 1 is 1.03 bits per heavy atom. The maximum absolute atomic E-state index is 13.0. The molecule has 0 bridgehead atoms. The van der Waals surface area contributed by atoms with E-state index in [9.17, 15) is 19.6 Å². The fourth-order valence-electron chi connectivity index (χ4n) is 4.98. The number of fused-ring (bicyclic) bond motifs is 1. The van der Waals surface area contributed by atoms with Gasteiger partial charge in [0.1, 0.15) is 5.52 Å². The van der Waals surface area contributed by atoms with E-state index in [1.807, 2.05) is 20.4 Å². The fourth-order valence-corrected chi connectivity index (χ4v) is 4.98. The summed E-state index contributed by atoms with van der Waals surface area (Å²) < 4.78 is 1.82. The number of hydrogen-bond donors (Lipinski definition) is 1. The maximum atomic E-state index is 13.0. The van der Waals surface area contributed by atoms with E-state index in [1.54, 1.807) is 30.5 Å². The minimum absolute atomic E-state index is 0.0601. The molecule has 10 nitrogen and oxygen atoms in total. The second kappa shape index (κ2) is 10.8. The van der Waals surface area contributed by atoms with Crippen LogP contribution in [-0.2, 0) is 11.3 Å². The number of amides is 3. The van der Waals surface area contributed by atoms with Gasteiger partial charge >= 0.3 is 0 Å². The van der Waals surface area contributed by atoms with Gasteiger partial charge in [-0.3, -0.25) is 24.3 Å². The normalized spacial score (nSPS) is 15.7. The Kier molecular flexibility index (Phi) is 7.12. The molecule has 5 rings (SSSR count). The third-order valence-corrected chi connectivity index (χ3v) is 6.94. The number of piperidine rings is 1. The zero-order chi connectivity index (χ0) is 25.8. The van der Waals surface area contributed by atoms with Crippen molar-refractivity contribution in [3.63, 3.8) is 0 Å². The van der Waals surface area contributed by atoms with Gasteiger partial charge < -0.3 is 9.80 Å². The number of anilines is 1. The average Bonchev–Trinajstić information content (AvgIpc) is 3.50. The number of aromatic nitrogens is 3. The van der Waals surface area contributed by atoms with Crippen LogP contribution in [0.3, 0.4) is 0 Å². The van der Waals surface area contributed by atoms with E-state index in [1.165, 1.54) is 6.07 Å². The van der Waals surface area contributed by atoms with Crippen molar-refractivity contribution >= 4 is 34.8 Å². The van der Waals surface area contributed by atoms with Crippen LogP contribution in [0.15, 0.2) is 36.5 Å². The van der Waals surface area contributed by atoms with E-state index >= 15 is 0 Å². The summed E-state index contributed by atoms with van der Waals surface area (Å²) in [5.41, 5.74) is 2.28. The van der Waals surface area contributed by atoms with Gasteiger partial charge in [0, 0.05) is 50.9 Å². The SMILES string of the molecule is N#Cc1cccc(C(=O)Nc2nc3cc(C(=O)N4CCCCC4)cnc3n2CCCN2CCCC2=O)c1. The summed E-state index contributed by atoms with van der Waals surface area (Å²) in [7, 11) is 0. The molecule has 2 aliphatic heterocycles. The highest BCUT2D eigenvalue weighted by molar-refractivity contribution is 6.04. The highest BCUT2D eigenvalue weighted by Gasteiger charge is 2.23. The van der Waals surface area contributed by atoms with Crippen LogP contribution in [0.2, 0.25) is 0 Å². The van der Waals surface area contributed by atoms with Crippen LogP contribution in [0.1, 0.15) is 64.8 Å². The second-order valence-corrected chi connectivity index (χ2v) is 9.49. The van der Waals surface area contributed by atoms with Crippen molar-refractivity contribution in [3.8, 4) is 6.07 Å². The van der Waals surface area contributed by atoms with Gasteiger partial charge in [-0.25, -0.2) is 9.97 Å². The number of carbonyl (C=O) groups is 3. The second-order valence-electron chi connectivity index (χ2n) is 9.49. The van der Waals surface area contributed by atoms with Crippen molar-refractivity contribution in [1.82, 2.24) is 24.3 Å². The minimum atomic E-state index is -0.395. The van der Waals surface area contributed by atoms with Gasteiger partial charge in [-0.05, 0) is 56.4 Å². The monoisotopic (exact) mass is 499 g/mol. The molecule has 1 aromatic carbocycles. The van der Waals surface area contributed by atoms with Crippen molar-refractivity contribution in [2.24, 2.45) is 0 Å². The summed E-state index contributed by atoms with van der Waals surface area (Å²) >= 11 is 0. The predicted octanol–water partition coefficient (Wildman–Crippen LogP) is 3.19. The van der Waals surface area contributed by atoms with E-state index in [0.717, 1.165) is 45.3 Å². The lowest BCUT2D eigenvalue weighted by Gasteiger charge is -2.26. The molecule has 0 saturated carbocycles. The van der Waals surface area contributed by atoms with Crippen molar-refractivity contribution in [3.05, 3.63) is 53.2 Å². The number of rotatable bonds is 7. The molecular weight excluding hydrogens is 470 g/mol. The number of carbonyl (C=O) groups excluding carboxylic acids is 3. The molecule has 0 aliphatic carbocycles. The summed E-state index contributed by atoms with van der Waals surface area (Å²) in [6.07, 6.45) is 6.84. The van der Waals surface area contributed by atoms with Crippen LogP contribution in [0, 0.1) is 11.3 Å². The first kappa shape index (κ1) is 24.4. The van der Waals surface area contributed by atoms with E-state index in [4.69, 9.17) is 0 Å². The minimum Gasteiger partial charge on any atom is -0.343 e. The molecule has 2 aromatic heterocycles. The summed E-state index contributed by atoms with van der Waals surface area (Å²) in [4.78, 5) is 50.9. The number of likely N-dealkylation sites (tertiary alicyclic amines) is 2. The Morgan fingerprint density at radius 2 is 1.86 bits per heavy atom. The van der Waals surface area contributed by atoms with Gasteiger partial charge in [0.05, 0.1) is 17.2 Å². The number of benzene rings is 1. The zero-order valence-electron chi connectivity index (χ0n) is 20.7. The number of hydrogen-bond acceptors (Lipinski definition) is 6. The van der Waals surface area contributed by atoms with Crippen molar-refractivity contribution < 1.29 is 14.4 Å². The van der Waals surface area contributed by atoms with Gasteiger partial charge in [-0.1, -0.05) is 6.07 Å². The van der Waals surface area contributed by atoms with Crippen molar-refractivity contribution in [2.45, 2.75) is 45.1 Å². The third-order valence-electron chi connectivity index (χ3n) is 6.94. The Hall–Kier alpha value is -4.26. The number of nitrogens with zero attached hydrogens (tertiary/aromatic N) is 6. The highest BCUT2D eigenvalue weighted by atomic mass is 16.2. The molecule has 4 heterocycles. The van der Waals surface area contributed by atoms with Gasteiger partial charge in [0.2, 0.25) is 11.9 Å². The largest absolute Gasteiger partial charge is 0.343 e. The van der Waals surface area contributed by atoms with Gasteiger partial charge in [0.15, 0.2) is 5.65 Å². The lowest BCUT2D eigenvalue weighted by Crippen LogP contribution is -2.35. The van der Waals surface area contributed by atoms with Crippen LogP contribution in [-0.4, -0.2) is 68.2 Å². The lowest BCUT2D eigenvalue weighted by atomic mass is 10.1. The number of aryl methyl sites for hydroxylation is 1. The van der Waals surface area contributed by atoms with Gasteiger partial charge in [-0.15, -0.1) is 0 Å². The molecule has 0 spiro atoms. The molecule has 37 heavy (non-hydrogen) atoms. The number of imidazole rings is 1.